The molecule has 0 aliphatic carbocycles. The van der Waals surface area contributed by atoms with Gasteiger partial charge >= 0.3 is 5.97 Å². The number of carbonyl (C=O) groups excluding carboxylic acids is 1. The van der Waals surface area contributed by atoms with E-state index in [1.807, 2.05) is 0 Å². The van der Waals surface area contributed by atoms with Crippen molar-refractivity contribution in [3.63, 3.8) is 0 Å². The lowest BCUT2D eigenvalue weighted by molar-refractivity contribution is 0.0728. The first-order chi connectivity index (χ1) is 13.0. The van der Waals surface area contributed by atoms with Gasteiger partial charge in [-0.25, -0.2) is 18.0 Å². The quantitative estimate of drug-likeness (QED) is 0.292. The third kappa shape index (κ3) is 4.48. The van der Waals surface area contributed by atoms with Crippen LogP contribution in [0.2, 0.25) is 0 Å². The molecule has 0 aromatic heterocycles. The zero-order chi connectivity index (χ0) is 19.4. The summed E-state index contributed by atoms with van der Waals surface area (Å²) in [6, 6.07) is 10.9. The molecule has 0 bridgehead atoms. The van der Waals surface area contributed by atoms with Crippen LogP contribution in [0.5, 0.6) is 5.75 Å². The minimum Gasteiger partial charge on any atom is -0.420 e. The fraction of sp³-hybridized carbons (Fsp3) is 0.227. The molecule has 3 rings (SSSR count). The van der Waals surface area contributed by atoms with Gasteiger partial charge in [0, 0.05) is 0 Å². The molecular weight excluding hydrogens is 353 g/mol. The first-order valence-electron chi connectivity index (χ1n) is 8.87. The predicted octanol–water partition coefficient (Wildman–Crippen LogP) is 6.21. The fourth-order valence-electron chi connectivity index (χ4n) is 2.89. The molecule has 0 fully saturated rings. The van der Waals surface area contributed by atoms with Crippen LogP contribution in [0.25, 0.3) is 10.8 Å². The Kier molecular flexibility index (Phi) is 5.79. The van der Waals surface area contributed by atoms with Crippen molar-refractivity contribution in [2.45, 2.75) is 32.6 Å². The van der Waals surface area contributed by atoms with E-state index in [0.29, 0.717) is 10.8 Å². The van der Waals surface area contributed by atoms with Crippen molar-refractivity contribution in [1.82, 2.24) is 0 Å². The third-order valence-electron chi connectivity index (χ3n) is 4.38. The Morgan fingerprint density at radius 2 is 1.59 bits per heavy atom. The average Bonchev–Trinajstić information content (AvgIpc) is 2.64. The molecule has 0 radical (unpaired) electrons. The maximum atomic E-state index is 14.2. The Balaban J connectivity index is 1.76. The van der Waals surface area contributed by atoms with E-state index < -0.39 is 23.4 Å². The SMILES string of the molecule is CCCCCc1ccc(OC(=O)c2ccc3cc(F)c(F)cc3c2)c(F)c1. The second kappa shape index (κ2) is 8.25. The highest BCUT2D eigenvalue weighted by Gasteiger charge is 2.14. The van der Waals surface area contributed by atoms with Crippen LogP contribution in [0.4, 0.5) is 13.2 Å². The highest BCUT2D eigenvalue weighted by molar-refractivity contribution is 5.96. The number of carbonyl (C=O) groups is 1. The molecule has 140 valence electrons. The van der Waals surface area contributed by atoms with Crippen molar-refractivity contribution >= 4 is 16.7 Å². The lowest BCUT2D eigenvalue weighted by atomic mass is 10.1. The molecule has 0 N–H and O–H groups in total. The summed E-state index contributed by atoms with van der Waals surface area (Å²) >= 11 is 0. The van der Waals surface area contributed by atoms with E-state index in [1.165, 1.54) is 30.3 Å². The van der Waals surface area contributed by atoms with Crippen molar-refractivity contribution in [2.24, 2.45) is 0 Å². The van der Waals surface area contributed by atoms with Gasteiger partial charge < -0.3 is 4.74 Å². The van der Waals surface area contributed by atoms with Gasteiger partial charge in [-0.05, 0) is 65.6 Å². The number of halogens is 3. The smallest absolute Gasteiger partial charge is 0.343 e. The van der Waals surface area contributed by atoms with Gasteiger partial charge in [-0.3, -0.25) is 0 Å². The van der Waals surface area contributed by atoms with E-state index in [2.05, 4.69) is 6.92 Å². The number of unbranched alkanes of at least 4 members (excludes halogenated alkanes) is 2. The van der Waals surface area contributed by atoms with Crippen molar-refractivity contribution in [3.8, 4) is 5.75 Å². The fourth-order valence-corrected chi connectivity index (χ4v) is 2.89. The van der Waals surface area contributed by atoms with E-state index >= 15 is 0 Å². The summed E-state index contributed by atoms with van der Waals surface area (Å²) in [5, 5.41) is 0.808. The van der Waals surface area contributed by atoms with Gasteiger partial charge in [0.05, 0.1) is 5.56 Å². The third-order valence-corrected chi connectivity index (χ3v) is 4.38. The number of hydrogen-bond donors (Lipinski definition) is 0. The van der Waals surface area contributed by atoms with E-state index in [-0.39, 0.29) is 11.3 Å². The number of hydrogen-bond acceptors (Lipinski definition) is 2. The van der Waals surface area contributed by atoms with Crippen LogP contribution in [0.3, 0.4) is 0 Å². The highest BCUT2D eigenvalue weighted by Crippen LogP contribution is 2.23. The van der Waals surface area contributed by atoms with Gasteiger partial charge in [-0.2, -0.15) is 0 Å². The normalized spacial score (nSPS) is 11.0. The van der Waals surface area contributed by atoms with Crippen LogP contribution in [0.15, 0.2) is 48.5 Å². The van der Waals surface area contributed by atoms with Crippen molar-refractivity contribution < 1.29 is 22.7 Å². The van der Waals surface area contributed by atoms with Crippen LogP contribution < -0.4 is 4.74 Å². The maximum absolute atomic E-state index is 14.2. The Morgan fingerprint density at radius 1 is 0.852 bits per heavy atom. The van der Waals surface area contributed by atoms with Gasteiger partial charge in [0.1, 0.15) is 0 Å². The van der Waals surface area contributed by atoms with Crippen LogP contribution in [0, 0.1) is 17.5 Å². The summed E-state index contributed by atoms with van der Waals surface area (Å²) in [6.45, 7) is 2.10. The van der Waals surface area contributed by atoms with Crippen LogP contribution in [0.1, 0.15) is 42.1 Å². The molecule has 0 amide bonds. The van der Waals surface area contributed by atoms with Crippen LogP contribution in [-0.4, -0.2) is 5.97 Å². The minimum absolute atomic E-state index is 0.125. The van der Waals surface area contributed by atoms with Gasteiger partial charge in [0.15, 0.2) is 23.2 Å². The van der Waals surface area contributed by atoms with E-state index in [4.69, 9.17) is 4.74 Å². The summed E-state index contributed by atoms with van der Waals surface area (Å²) in [7, 11) is 0. The lowest BCUT2D eigenvalue weighted by Crippen LogP contribution is -2.09. The molecular formula is C22H19F3O2. The Morgan fingerprint density at radius 3 is 2.30 bits per heavy atom. The van der Waals surface area contributed by atoms with Crippen molar-refractivity contribution in [3.05, 3.63) is 77.1 Å². The zero-order valence-electron chi connectivity index (χ0n) is 14.9. The Bertz CT molecular complexity index is 983. The molecule has 27 heavy (non-hydrogen) atoms. The van der Waals surface area contributed by atoms with Crippen LogP contribution in [-0.2, 0) is 6.42 Å². The topological polar surface area (TPSA) is 26.3 Å². The van der Waals surface area contributed by atoms with Gasteiger partial charge in [0.2, 0.25) is 0 Å². The number of benzene rings is 3. The largest absolute Gasteiger partial charge is 0.420 e. The first kappa shape index (κ1) is 19.0. The standard InChI is InChI=1S/C22H19F3O2/c1-2-3-4-5-14-6-9-21(20(25)10-14)27-22(26)16-8-7-15-12-18(23)19(24)13-17(15)11-16/h6-13H,2-5H2,1H3. The molecule has 0 heterocycles. The van der Waals surface area contributed by atoms with Crippen molar-refractivity contribution in [1.29, 1.82) is 0 Å². The zero-order valence-corrected chi connectivity index (χ0v) is 14.9. The molecule has 0 atom stereocenters. The van der Waals surface area contributed by atoms with Gasteiger partial charge in [0.25, 0.3) is 0 Å². The number of aryl methyl sites for hydroxylation is 1. The average molecular weight is 372 g/mol. The molecule has 0 saturated heterocycles. The lowest BCUT2D eigenvalue weighted by Gasteiger charge is -2.08. The minimum atomic E-state index is -1.00. The monoisotopic (exact) mass is 372 g/mol. The second-order valence-electron chi connectivity index (χ2n) is 6.44. The van der Waals surface area contributed by atoms with Crippen LogP contribution >= 0.6 is 0 Å². The predicted molar refractivity (Wildman–Crippen MR) is 98.5 cm³/mol. The molecule has 0 aliphatic heterocycles. The summed E-state index contributed by atoms with van der Waals surface area (Å²) in [5.41, 5.74) is 0.976. The second-order valence-corrected chi connectivity index (χ2v) is 6.44. The van der Waals surface area contributed by atoms with Crippen molar-refractivity contribution in [2.75, 3.05) is 0 Å². The van der Waals surface area contributed by atoms with E-state index in [0.717, 1.165) is 43.4 Å². The first-order valence-corrected chi connectivity index (χ1v) is 8.87. The molecule has 0 unspecified atom stereocenters. The molecule has 2 nitrogen and oxygen atoms in total. The summed E-state index contributed by atoms with van der Waals surface area (Å²) in [5.74, 6) is -3.49. The Hall–Kier alpha value is -2.82. The Labute approximate surface area is 155 Å². The highest BCUT2D eigenvalue weighted by atomic mass is 19.2. The maximum Gasteiger partial charge on any atom is 0.343 e. The van der Waals surface area contributed by atoms with E-state index in [9.17, 15) is 18.0 Å². The van der Waals surface area contributed by atoms with E-state index in [1.54, 1.807) is 6.07 Å². The molecule has 0 aliphatic rings. The molecule has 3 aromatic rings. The molecule has 0 saturated carbocycles. The summed E-state index contributed by atoms with van der Waals surface area (Å²) in [6.07, 6.45) is 3.90. The number of fused-ring (bicyclic) bond motifs is 1. The molecule has 0 spiro atoms. The summed E-state index contributed by atoms with van der Waals surface area (Å²) in [4.78, 5) is 12.3. The van der Waals surface area contributed by atoms with Gasteiger partial charge in [-0.15, -0.1) is 0 Å². The summed E-state index contributed by atoms with van der Waals surface area (Å²) < 4.78 is 46.0. The molecule has 5 heteroatoms. The number of esters is 1. The number of rotatable bonds is 6. The number of ether oxygens (including phenoxy) is 1. The van der Waals surface area contributed by atoms with Gasteiger partial charge in [-0.1, -0.05) is 31.9 Å². The molecule has 3 aromatic carbocycles.